The molecule has 2 heteroatoms. The molecule has 0 aliphatic rings. The summed E-state index contributed by atoms with van der Waals surface area (Å²) in [7, 11) is 0. The molecule has 0 saturated heterocycles. The molecule has 0 unspecified atom stereocenters. The summed E-state index contributed by atoms with van der Waals surface area (Å²) in [6, 6.07) is 13.9. The molecule has 0 saturated carbocycles. The summed E-state index contributed by atoms with van der Waals surface area (Å²) in [5.41, 5.74) is 2.01. The molecule has 0 radical (unpaired) electrons. The predicted molar refractivity (Wildman–Crippen MR) is 68.9 cm³/mol. The maximum Gasteiger partial charge on any atom is 0.124 e. The van der Waals surface area contributed by atoms with E-state index >= 15 is 0 Å². The van der Waals surface area contributed by atoms with Crippen LogP contribution in [0.4, 0.5) is 0 Å². The number of aromatic hydroxyl groups is 1. The van der Waals surface area contributed by atoms with Crippen LogP contribution in [0.3, 0.4) is 0 Å². The molecule has 1 nitrogen and oxygen atoms in total. The summed E-state index contributed by atoms with van der Waals surface area (Å²) in [4.78, 5) is 0. The molecular formula is C14H10OS. The molecule has 0 aliphatic carbocycles. The van der Waals surface area contributed by atoms with Crippen molar-refractivity contribution in [2.45, 2.75) is 0 Å². The highest BCUT2D eigenvalue weighted by Crippen LogP contribution is 2.37. The molecule has 0 amide bonds. The Kier molecular flexibility index (Phi) is 2.15. The zero-order chi connectivity index (χ0) is 11.0. The minimum absolute atomic E-state index is 0.345. The lowest BCUT2D eigenvalue weighted by Gasteiger charge is -2.07. The summed E-state index contributed by atoms with van der Waals surface area (Å²) in [6.45, 7) is 0. The van der Waals surface area contributed by atoms with Gasteiger partial charge in [0.25, 0.3) is 0 Å². The molecule has 0 fully saturated rings. The molecule has 0 bridgehead atoms. The van der Waals surface area contributed by atoms with Crippen molar-refractivity contribution < 1.29 is 5.11 Å². The fourth-order valence-electron chi connectivity index (χ4n) is 1.97. The van der Waals surface area contributed by atoms with E-state index in [1.165, 1.54) is 0 Å². The summed E-state index contributed by atoms with van der Waals surface area (Å²) in [5.74, 6) is 0.345. The number of thiophene rings is 1. The van der Waals surface area contributed by atoms with Crippen LogP contribution in [0.25, 0.3) is 21.9 Å². The van der Waals surface area contributed by atoms with Crippen molar-refractivity contribution in [2.24, 2.45) is 0 Å². The second-order valence-electron chi connectivity index (χ2n) is 3.69. The van der Waals surface area contributed by atoms with E-state index in [4.69, 9.17) is 0 Å². The first kappa shape index (κ1) is 9.43. The van der Waals surface area contributed by atoms with E-state index < -0.39 is 0 Å². The number of fused-ring (bicyclic) bond motifs is 1. The first-order chi connectivity index (χ1) is 7.86. The molecule has 16 heavy (non-hydrogen) atoms. The molecule has 1 N–H and O–H groups in total. The zero-order valence-electron chi connectivity index (χ0n) is 8.55. The lowest BCUT2D eigenvalue weighted by molar-refractivity contribution is 0.478. The number of hydrogen-bond donors (Lipinski definition) is 1. The lowest BCUT2D eigenvalue weighted by Crippen LogP contribution is -1.80. The van der Waals surface area contributed by atoms with Gasteiger partial charge >= 0.3 is 0 Å². The monoisotopic (exact) mass is 226 g/mol. The smallest absolute Gasteiger partial charge is 0.124 e. The van der Waals surface area contributed by atoms with Crippen molar-refractivity contribution in [1.29, 1.82) is 0 Å². The molecule has 3 rings (SSSR count). The van der Waals surface area contributed by atoms with Gasteiger partial charge in [-0.2, -0.15) is 11.3 Å². The fraction of sp³-hybridized carbons (Fsp3) is 0. The highest BCUT2D eigenvalue weighted by molar-refractivity contribution is 7.08. The standard InChI is InChI=1S/C14H10OS/c15-13-6-5-10-3-1-2-4-12(10)14(13)11-7-8-16-9-11/h1-9,15H. The third kappa shape index (κ3) is 1.39. The van der Waals surface area contributed by atoms with Crippen LogP contribution in [0.1, 0.15) is 0 Å². The van der Waals surface area contributed by atoms with Gasteiger partial charge in [-0.3, -0.25) is 0 Å². The Hall–Kier alpha value is -1.80. The Morgan fingerprint density at radius 3 is 2.62 bits per heavy atom. The van der Waals surface area contributed by atoms with Crippen LogP contribution in [0, 0.1) is 0 Å². The normalized spacial score (nSPS) is 10.8. The van der Waals surface area contributed by atoms with Gasteiger partial charge in [0.05, 0.1) is 0 Å². The van der Waals surface area contributed by atoms with Gasteiger partial charge in [0.15, 0.2) is 0 Å². The summed E-state index contributed by atoms with van der Waals surface area (Å²) in [6.07, 6.45) is 0. The first-order valence-electron chi connectivity index (χ1n) is 5.09. The minimum atomic E-state index is 0.345. The summed E-state index contributed by atoms with van der Waals surface area (Å²) < 4.78 is 0. The van der Waals surface area contributed by atoms with Crippen molar-refractivity contribution in [2.75, 3.05) is 0 Å². The van der Waals surface area contributed by atoms with Gasteiger partial charge in [0, 0.05) is 5.56 Å². The van der Waals surface area contributed by atoms with Crippen molar-refractivity contribution in [1.82, 2.24) is 0 Å². The summed E-state index contributed by atoms with van der Waals surface area (Å²) >= 11 is 1.64. The molecule has 3 aromatic rings. The van der Waals surface area contributed by atoms with Crippen LogP contribution in [0.2, 0.25) is 0 Å². The number of phenolic OH excluding ortho intramolecular Hbond substituents is 1. The van der Waals surface area contributed by atoms with E-state index in [2.05, 4.69) is 11.4 Å². The third-order valence-corrected chi connectivity index (χ3v) is 3.40. The minimum Gasteiger partial charge on any atom is -0.507 e. The molecule has 1 aromatic heterocycles. The highest BCUT2D eigenvalue weighted by atomic mass is 32.1. The van der Waals surface area contributed by atoms with Gasteiger partial charge in [-0.05, 0) is 39.2 Å². The van der Waals surface area contributed by atoms with Crippen LogP contribution in [-0.2, 0) is 0 Å². The van der Waals surface area contributed by atoms with Gasteiger partial charge in [0.1, 0.15) is 5.75 Å². The lowest BCUT2D eigenvalue weighted by atomic mass is 9.99. The zero-order valence-corrected chi connectivity index (χ0v) is 9.37. The van der Waals surface area contributed by atoms with E-state index in [9.17, 15) is 5.11 Å². The predicted octanol–water partition coefficient (Wildman–Crippen LogP) is 4.27. The second-order valence-corrected chi connectivity index (χ2v) is 4.47. The quantitative estimate of drug-likeness (QED) is 0.656. The fourth-order valence-corrected chi connectivity index (χ4v) is 2.62. The van der Waals surface area contributed by atoms with Gasteiger partial charge in [-0.25, -0.2) is 0 Å². The van der Waals surface area contributed by atoms with E-state index in [-0.39, 0.29) is 0 Å². The largest absolute Gasteiger partial charge is 0.507 e. The molecule has 1 heterocycles. The van der Waals surface area contributed by atoms with E-state index in [1.54, 1.807) is 17.4 Å². The van der Waals surface area contributed by atoms with Crippen LogP contribution >= 0.6 is 11.3 Å². The van der Waals surface area contributed by atoms with E-state index in [0.29, 0.717) is 5.75 Å². The Morgan fingerprint density at radius 1 is 0.938 bits per heavy atom. The SMILES string of the molecule is Oc1ccc2ccccc2c1-c1ccsc1. The van der Waals surface area contributed by atoms with Crippen LogP contribution in [0.15, 0.2) is 53.2 Å². The average Bonchev–Trinajstić information content (AvgIpc) is 2.82. The molecule has 0 aliphatic heterocycles. The van der Waals surface area contributed by atoms with E-state index in [1.807, 2.05) is 35.7 Å². The number of phenols is 1. The van der Waals surface area contributed by atoms with Crippen LogP contribution < -0.4 is 0 Å². The van der Waals surface area contributed by atoms with Gasteiger partial charge < -0.3 is 5.11 Å². The topological polar surface area (TPSA) is 20.2 Å². The molecule has 0 spiro atoms. The first-order valence-corrected chi connectivity index (χ1v) is 6.04. The van der Waals surface area contributed by atoms with Gasteiger partial charge in [-0.1, -0.05) is 30.3 Å². The van der Waals surface area contributed by atoms with Crippen LogP contribution in [-0.4, -0.2) is 5.11 Å². The number of hydrogen-bond acceptors (Lipinski definition) is 2. The second kappa shape index (κ2) is 3.65. The summed E-state index contributed by atoms with van der Waals surface area (Å²) in [5, 5.41) is 16.3. The van der Waals surface area contributed by atoms with Crippen LogP contribution in [0.5, 0.6) is 5.75 Å². The molecule has 78 valence electrons. The third-order valence-electron chi connectivity index (χ3n) is 2.72. The van der Waals surface area contributed by atoms with Crippen molar-refractivity contribution in [3.05, 3.63) is 53.2 Å². The molecule has 2 aromatic carbocycles. The molecular weight excluding hydrogens is 216 g/mol. The Bertz CT molecular complexity index is 626. The number of rotatable bonds is 1. The van der Waals surface area contributed by atoms with Crippen molar-refractivity contribution >= 4 is 22.1 Å². The van der Waals surface area contributed by atoms with Gasteiger partial charge in [-0.15, -0.1) is 0 Å². The molecule has 0 atom stereocenters. The Morgan fingerprint density at radius 2 is 1.81 bits per heavy atom. The maximum atomic E-state index is 9.98. The average molecular weight is 226 g/mol. The Balaban J connectivity index is 2.42. The highest BCUT2D eigenvalue weighted by Gasteiger charge is 2.08. The number of benzene rings is 2. The van der Waals surface area contributed by atoms with Gasteiger partial charge in [0.2, 0.25) is 0 Å². The maximum absolute atomic E-state index is 9.98. The van der Waals surface area contributed by atoms with Crippen molar-refractivity contribution in [3.8, 4) is 16.9 Å². The Labute approximate surface area is 97.6 Å². The van der Waals surface area contributed by atoms with E-state index in [0.717, 1.165) is 21.9 Å². The van der Waals surface area contributed by atoms with Crippen molar-refractivity contribution in [3.63, 3.8) is 0 Å².